The van der Waals surface area contributed by atoms with Crippen LogP contribution in [0.5, 0.6) is 0 Å². The Kier molecular flexibility index (Phi) is 6.56. The van der Waals surface area contributed by atoms with E-state index >= 15 is 0 Å². The lowest BCUT2D eigenvalue weighted by Crippen LogP contribution is -2.34. The summed E-state index contributed by atoms with van der Waals surface area (Å²) in [5, 5.41) is 3.56. The van der Waals surface area contributed by atoms with E-state index in [1.54, 1.807) is 0 Å². The topological polar surface area (TPSA) is 15.3 Å². The molecular formula is C19H32N2. The molecule has 1 aliphatic heterocycles. The highest BCUT2D eigenvalue weighted by Crippen LogP contribution is 2.29. The first kappa shape index (κ1) is 16.4. The van der Waals surface area contributed by atoms with Crippen LogP contribution in [0.3, 0.4) is 0 Å². The average molecular weight is 288 g/mol. The third kappa shape index (κ3) is 4.74. The first-order valence-corrected chi connectivity index (χ1v) is 8.79. The van der Waals surface area contributed by atoms with Gasteiger partial charge in [-0.25, -0.2) is 0 Å². The molecular weight excluding hydrogens is 256 g/mol. The summed E-state index contributed by atoms with van der Waals surface area (Å²) in [4.78, 5) is 2.61. The molecule has 2 nitrogen and oxygen atoms in total. The van der Waals surface area contributed by atoms with Gasteiger partial charge in [0.05, 0.1) is 0 Å². The molecule has 0 aromatic heterocycles. The van der Waals surface area contributed by atoms with Crippen molar-refractivity contribution >= 4 is 5.69 Å². The average Bonchev–Trinajstić information content (AvgIpc) is 2.49. The summed E-state index contributed by atoms with van der Waals surface area (Å²) in [6.45, 7) is 11.3. The molecule has 2 heteroatoms. The van der Waals surface area contributed by atoms with Gasteiger partial charge in [-0.15, -0.1) is 0 Å². The second-order valence-corrected chi connectivity index (χ2v) is 6.53. The predicted octanol–water partition coefficient (Wildman–Crippen LogP) is 4.51. The van der Waals surface area contributed by atoms with Crippen molar-refractivity contribution in [2.45, 2.75) is 59.4 Å². The largest absolute Gasteiger partial charge is 0.371 e. The molecule has 1 heterocycles. The van der Waals surface area contributed by atoms with Crippen LogP contribution in [-0.4, -0.2) is 19.6 Å². The summed E-state index contributed by atoms with van der Waals surface area (Å²) < 4.78 is 0. The van der Waals surface area contributed by atoms with Crippen molar-refractivity contribution < 1.29 is 0 Å². The zero-order valence-electron chi connectivity index (χ0n) is 14.1. The number of rotatable bonds is 7. The van der Waals surface area contributed by atoms with Crippen molar-refractivity contribution in [3.63, 3.8) is 0 Å². The van der Waals surface area contributed by atoms with Gasteiger partial charge in [0.25, 0.3) is 0 Å². The molecule has 0 radical (unpaired) electrons. The molecule has 1 aromatic rings. The summed E-state index contributed by atoms with van der Waals surface area (Å²) in [6, 6.07) is 6.95. The highest BCUT2D eigenvalue weighted by molar-refractivity contribution is 5.55. The van der Waals surface area contributed by atoms with E-state index in [2.05, 4.69) is 49.2 Å². The van der Waals surface area contributed by atoms with Crippen molar-refractivity contribution in [1.82, 2.24) is 5.32 Å². The summed E-state index contributed by atoms with van der Waals surface area (Å²) in [5.41, 5.74) is 4.30. The SMILES string of the molecule is CCCNCc1cc(C)ccc1N1CCC(CCC)CC1. The van der Waals surface area contributed by atoms with Crippen LogP contribution in [-0.2, 0) is 6.54 Å². The van der Waals surface area contributed by atoms with Crippen molar-refractivity contribution in [1.29, 1.82) is 0 Å². The highest BCUT2D eigenvalue weighted by Gasteiger charge is 2.20. The van der Waals surface area contributed by atoms with Crippen LogP contribution in [0.25, 0.3) is 0 Å². The Balaban J connectivity index is 2.01. The third-order valence-corrected chi connectivity index (χ3v) is 4.63. The Bertz CT molecular complexity index is 420. The molecule has 0 bridgehead atoms. The molecule has 0 amide bonds. The second kappa shape index (κ2) is 8.43. The van der Waals surface area contributed by atoms with E-state index < -0.39 is 0 Å². The van der Waals surface area contributed by atoms with Crippen molar-refractivity contribution in [3.05, 3.63) is 29.3 Å². The molecule has 1 fully saturated rings. The number of piperidine rings is 1. The molecule has 118 valence electrons. The van der Waals surface area contributed by atoms with Crippen LogP contribution in [0, 0.1) is 12.8 Å². The number of hydrogen-bond donors (Lipinski definition) is 1. The molecule has 2 rings (SSSR count). The minimum Gasteiger partial charge on any atom is -0.371 e. The van der Waals surface area contributed by atoms with Gasteiger partial charge in [-0.05, 0) is 50.3 Å². The molecule has 0 atom stereocenters. The van der Waals surface area contributed by atoms with Gasteiger partial charge in [-0.3, -0.25) is 0 Å². The van der Waals surface area contributed by atoms with Crippen molar-refractivity contribution in [3.8, 4) is 0 Å². The second-order valence-electron chi connectivity index (χ2n) is 6.53. The Hall–Kier alpha value is -1.02. The predicted molar refractivity (Wildman–Crippen MR) is 93.0 cm³/mol. The minimum atomic E-state index is 0.957. The first-order valence-electron chi connectivity index (χ1n) is 8.79. The van der Waals surface area contributed by atoms with E-state index in [1.807, 2.05) is 0 Å². The van der Waals surface area contributed by atoms with Crippen LogP contribution in [0.1, 0.15) is 57.1 Å². The van der Waals surface area contributed by atoms with Gasteiger partial charge in [-0.2, -0.15) is 0 Å². The molecule has 0 unspecified atom stereocenters. The van der Waals surface area contributed by atoms with E-state index in [1.165, 1.54) is 62.0 Å². The van der Waals surface area contributed by atoms with Crippen LogP contribution < -0.4 is 10.2 Å². The maximum atomic E-state index is 3.56. The standard InChI is InChI=1S/C19H32N2/c1-4-6-17-9-12-21(13-10-17)19-8-7-16(3)14-18(19)15-20-11-5-2/h7-8,14,17,20H,4-6,9-13,15H2,1-3H3. The molecule has 1 N–H and O–H groups in total. The van der Waals surface area contributed by atoms with E-state index in [0.717, 1.165) is 19.0 Å². The van der Waals surface area contributed by atoms with Gasteiger partial charge in [0.2, 0.25) is 0 Å². The van der Waals surface area contributed by atoms with Gasteiger partial charge in [-0.1, -0.05) is 44.4 Å². The Labute approximate surface area is 130 Å². The monoisotopic (exact) mass is 288 g/mol. The number of hydrogen-bond acceptors (Lipinski definition) is 2. The van der Waals surface area contributed by atoms with Crippen molar-refractivity contribution in [2.24, 2.45) is 5.92 Å². The Morgan fingerprint density at radius 2 is 1.90 bits per heavy atom. The number of aryl methyl sites for hydroxylation is 1. The molecule has 1 aromatic carbocycles. The van der Waals surface area contributed by atoms with Crippen molar-refractivity contribution in [2.75, 3.05) is 24.5 Å². The molecule has 0 saturated carbocycles. The molecule has 1 saturated heterocycles. The highest BCUT2D eigenvalue weighted by atomic mass is 15.1. The molecule has 21 heavy (non-hydrogen) atoms. The lowest BCUT2D eigenvalue weighted by molar-refractivity contribution is 0.378. The zero-order valence-corrected chi connectivity index (χ0v) is 14.1. The third-order valence-electron chi connectivity index (χ3n) is 4.63. The number of nitrogens with one attached hydrogen (secondary N) is 1. The van der Waals surface area contributed by atoms with Gasteiger partial charge < -0.3 is 10.2 Å². The summed E-state index contributed by atoms with van der Waals surface area (Å²) in [7, 11) is 0. The van der Waals surface area contributed by atoms with Gasteiger partial charge in [0.1, 0.15) is 0 Å². The fourth-order valence-electron chi connectivity index (χ4n) is 3.44. The smallest absolute Gasteiger partial charge is 0.0412 e. The normalized spacial score (nSPS) is 16.4. The molecule has 0 aliphatic carbocycles. The van der Waals surface area contributed by atoms with Crippen LogP contribution >= 0.6 is 0 Å². The quantitative estimate of drug-likeness (QED) is 0.743. The first-order chi connectivity index (χ1) is 10.2. The summed E-state index contributed by atoms with van der Waals surface area (Å²) in [5.74, 6) is 0.957. The summed E-state index contributed by atoms with van der Waals surface area (Å²) in [6.07, 6.45) is 6.67. The fraction of sp³-hybridized carbons (Fsp3) is 0.684. The van der Waals surface area contributed by atoms with Crippen LogP contribution in [0.15, 0.2) is 18.2 Å². The molecule has 0 spiro atoms. The van der Waals surface area contributed by atoms with Crippen LogP contribution in [0.4, 0.5) is 5.69 Å². The lowest BCUT2D eigenvalue weighted by Gasteiger charge is -2.35. The maximum Gasteiger partial charge on any atom is 0.0412 e. The fourth-order valence-corrected chi connectivity index (χ4v) is 3.44. The van der Waals surface area contributed by atoms with Gasteiger partial charge in [0.15, 0.2) is 0 Å². The zero-order chi connectivity index (χ0) is 15.1. The lowest BCUT2D eigenvalue weighted by atomic mass is 9.92. The van der Waals surface area contributed by atoms with E-state index in [-0.39, 0.29) is 0 Å². The van der Waals surface area contributed by atoms with E-state index in [9.17, 15) is 0 Å². The minimum absolute atomic E-state index is 0.957. The van der Waals surface area contributed by atoms with Gasteiger partial charge >= 0.3 is 0 Å². The van der Waals surface area contributed by atoms with E-state index in [0.29, 0.717) is 0 Å². The Morgan fingerprint density at radius 3 is 2.57 bits per heavy atom. The Morgan fingerprint density at radius 1 is 1.14 bits per heavy atom. The van der Waals surface area contributed by atoms with E-state index in [4.69, 9.17) is 0 Å². The molecule has 1 aliphatic rings. The maximum absolute atomic E-state index is 3.56. The number of benzene rings is 1. The number of nitrogens with zero attached hydrogens (tertiary/aromatic N) is 1. The number of anilines is 1. The van der Waals surface area contributed by atoms with Crippen LogP contribution in [0.2, 0.25) is 0 Å². The summed E-state index contributed by atoms with van der Waals surface area (Å²) >= 11 is 0. The van der Waals surface area contributed by atoms with Gasteiger partial charge in [0, 0.05) is 25.3 Å².